The van der Waals surface area contributed by atoms with Crippen molar-refractivity contribution in [2.24, 2.45) is 0 Å². The fraction of sp³-hybridized carbons (Fsp3) is 0.714. The fourth-order valence-electron chi connectivity index (χ4n) is 2.03. The number of rotatable bonds is 8. The van der Waals surface area contributed by atoms with Gasteiger partial charge in [0.05, 0.1) is 18.2 Å². The van der Waals surface area contributed by atoms with Crippen LogP contribution in [0.25, 0.3) is 0 Å². The summed E-state index contributed by atoms with van der Waals surface area (Å²) in [5, 5.41) is 19.1. The lowest BCUT2D eigenvalue weighted by molar-refractivity contribution is -0.162. The molecule has 1 aliphatic heterocycles. The fourth-order valence-corrected chi connectivity index (χ4v) is 2.85. The van der Waals surface area contributed by atoms with Crippen molar-refractivity contribution < 1.29 is 19.3 Å². The predicted molar refractivity (Wildman–Crippen MR) is 79.8 cm³/mol. The summed E-state index contributed by atoms with van der Waals surface area (Å²) >= 11 is 1.52. The molecule has 0 bridgehead atoms. The van der Waals surface area contributed by atoms with Gasteiger partial charge in [-0.2, -0.15) is 0 Å². The number of nitrogens with zero attached hydrogens (tertiary/aromatic N) is 1. The van der Waals surface area contributed by atoms with E-state index in [0.29, 0.717) is 12.3 Å². The zero-order valence-electron chi connectivity index (χ0n) is 12.0. The third kappa shape index (κ3) is 5.70. The van der Waals surface area contributed by atoms with Gasteiger partial charge in [0.15, 0.2) is 6.29 Å². The van der Waals surface area contributed by atoms with Gasteiger partial charge >= 0.3 is 0 Å². The first-order chi connectivity index (χ1) is 10.3. The van der Waals surface area contributed by atoms with Crippen LogP contribution in [0.4, 0.5) is 0 Å². The van der Waals surface area contributed by atoms with Gasteiger partial charge in [0.25, 0.3) is 0 Å². The Kier molecular flexibility index (Phi) is 7.08. The van der Waals surface area contributed by atoms with Crippen molar-refractivity contribution in [2.75, 3.05) is 26.4 Å². The number of aliphatic hydroxyl groups excluding tert-OH is 1. The molecule has 2 heterocycles. The van der Waals surface area contributed by atoms with Crippen LogP contribution in [0.2, 0.25) is 0 Å². The molecule has 1 aromatic rings. The van der Waals surface area contributed by atoms with Crippen molar-refractivity contribution in [2.45, 2.75) is 38.4 Å². The smallest absolute Gasteiger partial charge is 0.233 e. The maximum absolute atomic E-state index is 8.65. The molecule has 1 fully saturated rings. The monoisotopic (exact) mass is 314 g/mol. The second-order valence-corrected chi connectivity index (χ2v) is 5.74. The highest BCUT2D eigenvalue weighted by Gasteiger charge is 2.14. The van der Waals surface area contributed by atoms with Crippen molar-refractivity contribution in [1.29, 1.82) is 5.41 Å². The molecule has 0 spiro atoms. The summed E-state index contributed by atoms with van der Waals surface area (Å²) in [5.41, 5.74) is 0.528. The van der Waals surface area contributed by atoms with Crippen molar-refractivity contribution in [3.8, 4) is 0 Å². The van der Waals surface area contributed by atoms with Gasteiger partial charge in [-0.15, -0.1) is 11.3 Å². The van der Waals surface area contributed by atoms with E-state index in [1.807, 2.05) is 0 Å². The van der Waals surface area contributed by atoms with Crippen LogP contribution in [0.5, 0.6) is 0 Å². The molecule has 0 aliphatic carbocycles. The van der Waals surface area contributed by atoms with Gasteiger partial charge in [0.1, 0.15) is 12.3 Å². The minimum absolute atomic E-state index is 0.0124. The number of hydrogen-bond acceptors (Lipinski definition) is 7. The van der Waals surface area contributed by atoms with Crippen LogP contribution in [-0.2, 0) is 20.6 Å². The van der Waals surface area contributed by atoms with Crippen LogP contribution < -0.4 is 0 Å². The highest BCUT2D eigenvalue weighted by molar-refractivity contribution is 7.09. The number of hydrogen-bond donors (Lipinski definition) is 2. The Labute approximate surface area is 128 Å². The summed E-state index contributed by atoms with van der Waals surface area (Å²) in [5.74, 6) is 0.0124. The SMILES string of the molecule is N=C(OCCO)c1csc(CCCOC2CCCCO2)n1. The number of ether oxygens (including phenoxy) is 3. The molecule has 1 unspecified atom stereocenters. The molecule has 6 nitrogen and oxygen atoms in total. The van der Waals surface area contributed by atoms with Crippen molar-refractivity contribution >= 4 is 17.2 Å². The molecule has 118 valence electrons. The Bertz CT molecular complexity index is 432. The van der Waals surface area contributed by atoms with E-state index in [-0.39, 0.29) is 25.4 Å². The lowest BCUT2D eigenvalue weighted by atomic mass is 10.2. The van der Waals surface area contributed by atoms with Crippen LogP contribution in [0, 0.1) is 5.41 Å². The third-order valence-corrected chi connectivity index (χ3v) is 4.01. The molecule has 1 saturated heterocycles. The molecule has 2 N–H and O–H groups in total. The van der Waals surface area contributed by atoms with Gasteiger partial charge in [0, 0.05) is 18.4 Å². The van der Waals surface area contributed by atoms with E-state index in [1.54, 1.807) is 5.38 Å². The molecule has 0 amide bonds. The molecule has 1 aromatic heterocycles. The maximum atomic E-state index is 8.65. The Morgan fingerprint density at radius 2 is 2.38 bits per heavy atom. The standard InChI is InChI=1S/C14H22N2O4S/c15-14(20-9-6-17)11-10-21-12(16-11)4-3-8-19-13-5-1-2-7-18-13/h10,13,15,17H,1-9H2. The number of aromatic nitrogens is 1. The number of thiazole rings is 1. The van der Waals surface area contributed by atoms with Crippen LogP contribution in [0.3, 0.4) is 0 Å². The number of aryl methyl sites for hydroxylation is 1. The minimum atomic E-state index is -0.0973. The van der Waals surface area contributed by atoms with E-state index in [4.69, 9.17) is 24.7 Å². The van der Waals surface area contributed by atoms with E-state index in [9.17, 15) is 0 Å². The number of nitrogens with one attached hydrogen (secondary N) is 1. The molecular formula is C14H22N2O4S. The summed E-state index contributed by atoms with van der Waals surface area (Å²) in [7, 11) is 0. The summed E-state index contributed by atoms with van der Waals surface area (Å²) in [6, 6.07) is 0. The average molecular weight is 314 g/mol. The first-order valence-corrected chi connectivity index (χ1v) is 8.17. The van der Waals surface area contributed by atoms with Crippen LogP contribution in [0.1, 0.15) is 36.4 Å². The normalized spacial score (nSPS) is 18.6. The molecule has 2 rings (SSSR count). The Morgan fingerprint density at radius 3 is 3.14 bits per heavy atom. The van der Waals surface area contributed by atoms with Crippen LogP contribution >= 0.6 is 11.3 Å². The van der Waals surface area contributed by atoms with E-state index in [2.05, 4.69) is 4.98 Å². The van der Waals surface area contributed by atoms with Crippen molar-refractivity contribution in [3.63, 3.8) is 0 Å². The predicted octanol–water partition coefficient (Wildman–Crippen LogP) is 1.95. The van der Waals surface area contributed by atoms with Gasteiger partial charge < -0.3 is 19.3 Å². The highest BCUT2D eigenvalue weighted by atomic mass is 32.1. The van der Waals surface area contributed by atoms with Gasteiger partial charge in [-0.1, -0.05) is 0 Å². The van der Waals surface area contributed by atoms with Crippen molar-refractivity contribution in [3.05, 3.63) is 16.1 Å². The summed E-state index contributed by atoms with van der Waals surface area (Å²) < 4.78 is 16.2. The molecular weight excluding hydrogens is 292 g/mol. The Morgan fingerprint density at radius 1 is 1.48 bits per heavy atom. The van der Waals surface area contributed by atoms with E-state index < -0.39 is 0 Å². The molecule has 0 saturated carbocycles. The lowest BCUT2D eigenvalue weighted by Gasteiger charge is -2.22. The molecule has 21 heavy (non-hydrogen) atoms. The van der Waals surface area contributed by atoms with Gasteiger partial charge in [0.2, 0.25) is 5.90 Å². The molecule has 1 atom stereocenters. The second kappa shape index (κ2) is 9.09. The van der Waals surface area contributed by atoms with Crippen LogP contribution in [0.15, 0.2) is 5.38 Å². The highest BCUT2D eigenvalue weighted by Crippen LogP contribution is 2.16. The van der Waals surface area contributed by atoms with Crippen molar-refractivity contribution in [1.82, 2.24) is 4.98 Å². The Hall–Kier alpha value is -1.02. The zero-order chi connectivity index (χ0) is 14.9. The quantitative estimate of drug-likeness (QED) is 0.435. The molecule has 0 radical (unpaired) electrons. The lowest BCUT2D eigenvalue weighted by Crippen LogP contribution is -2.22. The topological polar surface area (TPSA) is 84.7 Å². The first-order valence-electron chi connectivity index (χ1n) is 7.30. The maximum Gasteiger partial charge on any atom is 0.233 e. The van der Waals surface area contributed by atoms with E-state index in [0.717, 1.165) is 37.3 Å². The average Bonchev–Trinajstić information content (AvgIpc) is 2.99. The van der Waals surface area contributed by atoms with Crippen LogP contribution in [-0.4, -0.2) is 48.7 Å². The van der Waals surface area contributed by atoms with Gasteiger partial charge in [-0.25, -0.2) is 4.98 Å². The largest absolute Gasteiger partial charge is 0.474 e. The Balaban J connectivity index is 1.64. The van der Waals surface area contributed by atoms with E-state index in [1.165, 1.54) is 17.8 Å². The minimum Gasteiger partial charge on any atom is -0.474 e. The second-order valence-electron chi connectivity index (χ2n) is 4.80. The molecule has 7 heteroatoms. The van der Waals surface area contributed by atoms with E-state index >= 15 is 0 Å². The summed E-state index contributed by atoms with van der Waals surface area (Å²) in [6.45, 7) is 1.50. The third-order valence-electron chi connectivity index (χ3n) is 3.10. The van der Waals surface area contributed by atoms with Gasteiger partial charge in [-0.05, 0) is 25.7 Å². The van der Waals surface area contributed by atoms with Gasteiger partial charge in [-0.3, -0.25) is 5.41 Å². The molecule has 1 aliphatic rings. The number of aliphatic hydroxyl groups is 1. The first kappa shape index (κ1) is 16.4. The summed E-state index contributed by atoms with van der Waals surface area (Å²) in [4.78, 5) is 4.35. The summed E-state index contributed by atoms with van der Waals surface area (Å²) in [6.07, 6.45) is 4.97. The zero-order valence-corrected chi connectivity index (χ0v) is 12.9. The molecule has 0 aromatic carbocycles.